The Morgan fingerprint density at radius 3 is 2.32 bits per heavy atom. The van der Waals surface area contributed by atoms with Gasteiger partial charge in [-0.25, -0.2) is 13.9 Å². The molecule has 2 fully saturated rings. The fraction of sp³-hybridized carbons (Fsp3) is 0.440. The number of sulfonamides is 1. The number of nitrogens with zero attached hydrogens (tertiary/aromatic N) is 1. The maximum absolute atomic E-state index is 13.8. The van der Waals surface area contributed by atoms with Gasteiger partial charge in [0, 0.05) is 6.92 Å². The summed E-state index contributed by atoms with van der Waals surface area (Å²) < 4.78 is 51.1. The van der Waals surface area contributed by atoms with Crippen LogP contribution in [0, 0.1) is 0 Å². The van der Waals surface area contributed by atoms with Crippen LogP contribution in [0.5, 0.6) is 5.75 Å². The number of amides is 1. The standard InChI is InChI=1S/C25H30N2O9S/c1-16(28)34-20-14-27(37(30,31)19-12-10-18(32-4)11-13-19)21(23-22(20)35-25(2,3)36-23)24(29)26-33-15-17-8-6-5-7-9-17/h5-13,20-23H,14-15H2,1-4H3,(H,26,29)/t20-,21-,22-,23-/m1/s1. The largest absolute Gasteiger partial charge is 0.497 e. The highest BCUT2D eigenvalue weighted by Gasteiger charge is 2.59. The van der Waals surface area contributed by atoms with E-state index in [0.29, 0.717) is 5.75 Å². The van der Waals surface area contributed by atoms with Crippen LogP contribution >= 0.6 is 0 Å². The number of nitrogens with one attached hydrogen (secondary N) is 1. The van der Waals surface area contributed by atoms with Crippen molar-refractivity contribution in [1.29, 1.82) is 0 Å². The summed E-state index contributed by atoms with van der Waals surface area (Å²) in [7, 11) is -2.80. The molecule has 1 amide bonds. The zero-order chi connectivity index (χ0) is 26.8. The first kappa shape index (κ1) is 27.0. The molecule has 200 valence electrons. The van der Waals surface area contributed by atoms with Gasteiger partial charge in [-0.05, 0) is 43.7 Å². The summed E-state index contributed by atoms with van der Waals surface area (Å²) in [5.41, 5.74) is 3.17. The van der Waals surface area contributed by atoms with Gasteiger partial charge in [0.25, 0.3) is 5.91 Å². The van der Waals surface area contributed by atoms with Crippen LogP contribution in [-0.2, 0) is 45.3 Å². The molecule has 0 saturated carbocycles. The molecule has 11 nitrogen and oxygen atoms in total. The van der Waals surface area contributed by atoms with Crippen LogP contribution in [0.15, 0.2) is 59.5 Å². The van der Waals surface area contributed by atoms with E-state index in [-0.39, 0.29) is 18.0 Å². The molecule has 4 atom stereocenters. The average Bonchev–Trinajstić information content (AvgIpc) is 3.19. The maximum atomic E-state index is 13.8. The number of carbonyl (C=O) groups excluding carboxylic acids is 2. The fourth-order valence-corrected chi connectivity index (χ4v) is 6.07. The second-order valence-corrected chi connectivity index (χ2v) is 11.0. The highest BCUT2D eigenvalue weighted by molar-refractivity contribution is 7.89. The van der Waals surface area contributed by atoms with Gasteiger partial charge in [-0.3, -0.25) is 14.4 Å². The maximum Gasteiger partial charge on any atom is 0.303 e. The predicted molar refractivity (Wildman–Crippen MR) is 129 cm³/mol. The van der Waals surface area contributed by atoms with E-state index in [4.69, 9.17) is 23.8 Å². The first-order valence-electron chi connectivity index (χ1n) is 11.7. The van der Waals surface area contributed by atoms with Crippen LogP contribution in [0.3, 0.4) is 0 Å². The van der Waals surface area contributed by atoms with E-state index in [2.05, 4.69) is 5.48 Å². The lowest BCUT2D eigenvalue weighted by Crippen LogP contribution is -2.66. The van der Waals surface area contributed by atoms with E-state index in [1.807, 2.05) is 30.3 Å². The van der Waals surface area contributed by atoms with E-state index in [9.17, 15) is 18.0 Å². The zero-order valence-corrected chi connectivity index (χ0v) is 21.8. The molecule has 2 aliphatic rings. The molecular weight excluding hydrogens is 504 g/mol. The Morgan fingerprint density at radius 1 is 1.05 bits per heavy atom. The van der Waals surface area contributed by atoms with Crippen molar-refractivity contribution in [2.75, 3.05) is 13.7 Å². The minimum absolute atomic E-state index is 0.0670. The third-order valence-corrected chi connectivity index (χ3v) is 7.88. The molecule has 2 heterocycles. The second-order valence-electron chi connectivity index (χ2n) is 9.15. The molecular formula is C25H30N2O9S. The van der Waals surface area contributed by atoms with Crippen LogP contribution in [0.1, 0.15) is 26.3 Å². The summed E-state index contributed by atoms with van der Waals surface area (Å²) in [6, 6.07) is 13.5. The van der Waals surface area contributed by atoms with Gasteiger partial charge >= 0.3 is 5.97 Å². The third-order valence-electron chi connectivity index (χ3n) is 6.02. The molecule has 0 unspecified atom stereocenters. The Morgan fingerprint density at radius 2 is 1.70 bits per heavy atom. The summed E-state index contributed by atoms with van der Waals surface area (Å²) >= 11 is 0. The minimum Gasteiger partial charge on any atom is -0.497 e. The molecule has 0 radical (unpaired) electrons. The lowest BCUT2D eigenvalue weighted by molar-refractivity contribution is -0.169. The average molecular weight is 535 g/mol. The van der Waals surface area contributed by atoms with Crippen molar-refractivity contribution in [1.82, 2.24) is 9.79 Å². The summed E-state index contributed by atoms with van der Waals surface area (Å²) in [6.07, 6.45) is -2.97. The first-order valence-corrected chi connectivity index (χ1v) is 13.1. The van der Waals surface area contributed by atoms with Crippen molar-refractivity contribution in [2.24, 2.45) is 0 Å². The van der Waals surface area contributed by atoms with E-state index in [1.165, 1.54) is 38.3 Å². The number of hydrogen-bond acceptors (Lipinski definition) is 9. The molecule has 2 aromatic carbocycles. The number of methoxy groups -OCH3 is 1. The fourth-order valence-electron chi connectivity index (χ4n) is 4.46. The second kappa shape index (κ2) is 10.8. The number of carbonyl (C=O) groups is 2. The molecule has 37 heavy (non-hydrogen) atoms. The van der Waals surface area contributed by atoms with E-state index in [0.717, 1.165) is 9.87 Å². The highest BCUT2D eigenvalue weighted by Crippen LogP contribution is 2.39. The number of benzene rings is 2. The molecule has 12 heteroatoms. The van der Waals surface area contributed by atoms with Crippen molar-refractivity contribution in [3.05, 3.63) is 60.2 Å². The number of esters is 1. The lowest BCUT2D eigenvalue weighted by atomic mass is 9.95. The Kier molecular flexibility index (Phi) is 7.85. The molecule has 0 bridgehead atoms. The topological polar surface area (TPSA) is 130 Å². The Balaban J connectivity index is 1.67. The number of rotatable bonds is 8. The molecule has 1 N–H and O–H groups in total. The monoisotopic (exact) mass is 534 g/mol. The van der Waals surface area contributed by atoms with Crippen molar-refractivity contribution in [3.8, 4) is 5.75 Å². The SMILES string of the molecule is COc1ccc(S(=O)(=O)N2C[C@@H](OC(C)=O)[C@H]3OC(C)(C)O[C@@H]3[C@@H]2C(=O)NOCc2ccccc2)cc1. The summed E-state index contributed by atoms with van der Waals surface area (Å²) in [4.78, 5) is 30.6. The van der Waals surface area contributed by atoms with Crippen LogP contribution in [0.25, 0.3) is 0 Å². The predicted octanol–water partition coefficient (Wildman–Crippen LogP) is 1.77. The smallest absolute Gasteiger partial charge is 0.303 e. The van der Waals surface area contributed by atoms with E-state index < -0.39 is 52.0 Å². The first-order chi connectivity index (χ1) is 17.5. The Bertz CT molecular complexity index is 1220. The summed E-state index contributed by atoms with van der Waals surface area (Å²) in [5, 5.41) is 0. The van der Waals surface area contributed by atoms with Gasteiger partial charge in [-0.2, -0.15) is 4.31 Å². The van der Waals surface area contributed by atoms with Crippen LogP contribution < -0.4 is 10.2 Å². The number of hydrogen-bond donors (Lipinski definition) is 1. The Labute approximate surface area is 215 Å². The van der Waals surface area contributed by atoms with Crippen LogP contribution in [0.4, 0.5) is 0 Å². The molecule has 2 aromatic rings. The Hall–Kier alpha value is -3.03. The molecule has 4 rings (SSSR count). The third kappa shape index (κ3) is 5.94. The van der Waals surface area contributed by atoms with Crippen molar-refractivity contribution in [3.63, 3.8) is 0 Å². The van der Waals surface area contributed by atoms with Gasteiger partial charge in [-0.1, -0.05) is 30.3 Å². The number of hydroxylamine groups is 1. The van der Waals surface area contributed by atoms with Gasteiger partial charge in [0.05, 0.1) is 25.2 Å². The van der Waals surface area contributed by atoms with Gasteiger partial charge in [0.2, 0.25) is 10.0 Å². The van der Waals surface area contributed by atoms with Crippen molar-refractivity contribution >= 4 is 21.9 Å². The summed E-state index contributed by atoms with van der Waals surface area (Å²) in [5.74, 6) is -2.05. The molecule has 2 saturated heterocycles. The van der Waals surface area contributed by atoms with Crippen LogP contribution in [0.2, 0.25) is 0 Å². The van der Waals surface area contributed by atoms with Gasteiger partial charge in [-0.15, -0.1) is 0 Å². The summed E-state index contributed by atoms with van der Waals surface area (Å²) in [6.45, 7) is 4.23. The van der Waals surface area contributed by atoms with Crippen molar-refractivity contribution in [2.45, 2.75) is 62.4 Å². The number of piperidine rings is 1. The quantitative estimate of drug-likeness (QED) is 0.398. The number of fused-ring (bicyclic) bond motifs is 1. The molecule has 0 spiro atoms. The van der Waals surface area contributed by atoms with Gasteiger partial charge in [0.1, 0.15) is 30.1 Å². The molecule has 0 aliphatic carbocycles. The van der Waals surface area contributed by atoms with Crippen LogP contribution in [-0.4, -0.2) is 68.4 Å². The lowest BCUT2D eigenvalue weighted by Gasteiger charge is -2.42. The van der Waals surface area contributed by atoms with E-state index in [1.54, 1.807) is 13.8 Å². The van der Waals surface area contributed by atoms with E-state index >= 15 is 0 Å². The van der Waals surface area contributed by atoms with Gasteiger partial charge in [0.15, 0.2) is 5.79 Å². The normalized spacial score (nSPS) is 25.2. The van der Waals surface area contributed by atoms with Gasteiger partial charge < -0.3 is 18.9 Å². The zero-order valence-electron chi connectivity index (χ0n) is 20.9. The molecule has 0 aromatic heterocycles. The molecule has 2 aliphatic heterocycles. The minimum atomic E-state index is -4.27. The van der Waals surface area contributed by atoms with Crippen molar-refractivity contribution < 1.29 is 41.8 Å². The highest BCUT2D eigenvalue weighted by atomic mass is 32.2. The number of ether oxygens (including phenoxy) is 4.